The molecule has 1 heterocycles. The van der Waals surface area contributed by atoms with Gasteiger partial charge in [-0.15, -0.1) is 0 Å². The lowest BCUT2D eigenvalue weighted by atomic mass is 10.1. The number of hydrogen-bond acceptors (Lipinski definition) is 2. The third-order valence-corrected chi connectivity index (χ3v) is 2.92. The van der Waals surface area contributed by atoms with Crippen molar-refractivity contribution >= 4 is 5.91 Å². The molecule has 0 atom stereocenters. The molecule has 0 aliphatic heterocycles. The van der Waals surface area contributed by atoms with E-state index < -0.39 is 0 Å². The molecular weight excluding hydrogens is 245 g/mol. The van der Waals surface area contributed by atoms with E-state index in [4.69, 9.17) is 0 Å². The highest BCUT2D eigenvalue weighted by atomic mass is 19.1. The molecule has 0 unspecified atom stereocenters. The molecule has 1 aromatic carbocycles. The fourth-order valence-electron chi connectivity index (χ4n) is 1.80. The topological polar surface area (TPSA) is 38.1 Å². The van der Waals surface area contributed by atoms with Gasteiger partial charge < -0.3 is 4.90 Å². The van der Waals surface area contributed by atoms with E-state index in [-0.39, 0.29) is 11.7 Å². The largest absolute Gasteiger partial charge is 0.345 e. The molecule has 1 amide bonds. The summed E-state index contributed by atoms with van der Waals surface area (Å²) in [7, 11) is 3.35. The molecular formula is C14H16FN3O. The molecule has 5 heteroatoms. The minimum atomic E-state index is -0.254. The van der Waals surface area contributed by atoms with E-state index >= 15 is 0 Å². The number of aromatic nitrogens is 2. The summed E-state index contributed by atoms with van der Waals surface area (Å²) in [5.74, 6) is -0.382. The van der Waals surface area contributed by atoms with Crippen molar-refractivity contribution in [1.82, 2.24) is 14.7 Å². The van der Waals surface area contributed by atoms with Gasteiger partial charge in [-0.1, -0.05) is 13.0 Å². The van der Waals surface area contributed by atoms with Gasteiger partial charge in [-0.2, -0.15) is 5.10 Å². The minimum Gasteiger partial charge on any atom is -0.345 e. The predicted molar refractivity (Wildman–Crippen MR) is 70.9 cm³/mol. The van der Waals surface area contributed by atoms with Gasteiger partial charge in [-0.3, -0.25) is 4.79 Å². The molecule has 4 nitrogen and oxygen atoms in total. The monoisotopic (exact) mass is 261 g/mol. The molecule has 0 N–H and O–H groups in total. The van der Waals surface area contributed by atoms with Gasteiger partial charge in [0.25, 0.3) is 5.91 Å². The van der Waals surface area contributed by atoms with Crippen molar-refractivity contribution in [3.63, 3.8) is 0 Å². The Morgan fingerprint density at radius 2 is 2.16 bits per heavy atom. The summed E-state index contributed by atoms with van der Waals surface area (Å²) in [6.45, 7) is 1.90. The average Bonchev–Trinajstić information content (AvgIpc) is 2.87. The first-order valence-corrected chi connectivity index (χ1v) is 6.08. The molecule has 2 rings (SSSR count). The first-order chi connectivity index (χ1) is 9.02. The van der Waals surface area contributed by atoms with Crippen molar-refractivity contribution in [3.05, 3.63) is 47.5 Å². The van der Waals surface area contributed by atoms with Crippen LogP contribution in [-0.2, 0) is 6.42 Å². The Morgan fingerprint density at radius 3 is 2.74 bits per heavy atom. The molecule has 0 saturated carbocycles. The molecule has 100 valence electrons. The number of aryl methyl sites for hydroxylation is 1. The quantitative estimate of drug-likeness (QED) is 0.850. The highest BCUT2D eigenvalue weighted by Crippen LogP contribution is 2.15. The zero-order valence-corrected chi connectivity index (χ0v) is 11.2. The number of nitrogens with zero attached hydrogens (tertiary/aromatic N) is 3. The maximum Gasteiger partial charge on any atom is 0.256 e. The van der Waals surface area contributed by atoms with Gasteiger partial charge >= 0.3 is 0 Å². The number of carbonyl (C=O) groups is 1. The molecule has 0 aliphatic carbocycles. The van der Waals surface area contributed by atoms with E-state index in [0.29, 0.717) is 23.2 Å². The number of benzene rings is 1. The first-order valence-electron chi connectivity index (χ1n) is 6.08. The Kier molecular flexibility index (Phi) is 3.64. The molecule has 0 radical (unpaired) electrons. The Hall–Kier alpha value is -2.17. The predicted octanol–water partition coefficient (Wildman–Crippen LogP) is 2.28. The lowest BCUT2D eigenvalue weighted by molar-refractivity contribution is 0.0827. The van der Waals surface area contributed by atoms with E-state index in [1.807, 2.05) is 6.92 Å². The molecule has 0 aliphatic rings. The van der Waals surface area contributed by atoms with Crippen LogP contribution in [0.15, 0.2) is 30.6 Å². The lowest BCUT2D eigenvalue weighted by Gasteiger charge is -2.07. The van der Waals surface area contributed by atoms with Crippen LogP contribution in [0.2, 0.25) is 0 Å². The van der Waals surface area contributed by atoms with Crippen LogP contribution in [0.1, 0.15) is 22.8 Å². The molecule has 19 heavy (non-hydrogen) atoms. The molecule has 0 fully saturated rings. The smallest absolute Gasteiger partial charge is 0.256 e. The Labute approximate surface area is 111 Å². The summed E-state index contributed by atoms with van der Waals surface area (Å²) in [4.78, 5) is 13.2. The average molecular weight is 261 g/mol. The summed E-state index contributed by atoms with van der Waals surface area (Å²) in [6.07, 6.45) is 3.73. The second-order valence-electron chi connectivity index (χ2n) is 4.50. The Bertz CT molecular complexity index is 604. The molecule has 2 aromatic rings. The fourth-order valence-corrected chi connectivity index (χ4v) is 1.80. The second kappa shape index (κ2) is 5.22. The van der Waals surface area contributed by atoms with Gasteiger partial charge in [0.1, 0.15) is 5.82 Å². The van der Waals surface area contributed by atoms with Crippen LogP contribution in [0.4, 0.5) is 4.39 Å². The fraction of sp³-hybridized carbons (Fsp3) is 0.286. The van der Waals surface area contributed by atoms with E-state index in [1.54, 1.807) is 32.4 Å². The third-order valence-electron chi connectivity index (χ3n) is 2.92. The number of rotatable bonds is 3. The number of halogens is 1. The Morgan fingerprint density at radius 1 is 1.42 bits per heavy atom. The zero-order valence-electron chi connectivity index (χ0n) is 11.2. The van der Waals surface area contributed by atoms with Crippen LogP contribution < -0.4 is 0 Å². The second-order valence-corrected chi connectivity index (χ2v) is 4.50. The van der Waals surface area contributed by atoms with Gasteiger partial charge in [-0.25, -0.2) is 9.07 Å². The van der Waals surface area contributed by atoms with Crippen molar-refractivity contribution in [2.24, 2.45) is 0 Å². The van der Waals surface area contributed by atoms with Gasteiger partial charge in [0.2, 0.25) is 0 Å². The summed E-state index contributed by atoms with van der Waals surface area (Å²) < 4.78 is 15.2. The normalized spacial score (nSPS) is 10.5. The van der Waals surface area contributed by atoms with Crippen molar-refractivity contribution in [2.45, 2.75) is 13.3 Å². The summed E-state index contributed by atoms with van der Waals surface area (Å²) >= 11 is 0. The van der Waals surface area contributed by atoms with Crippen molar-refractivity contribution in [1.29, 1.82) is 0 Å². The first kappa shape index (κ1) is 13.3. The molecule has 0 bridgehead atoms. The van der Waals surface area contributed by atoms with Gasteiger partial charge in [0, 0.05) is 20.3 Å². The van der Waals surface area contributed by atoms with Gasteiger partial charge in [-0.05, 0) is 24.1 Å². The number of amides is 1. The van der Waals surface area contributed by atoms with Crippen molar-refractivity contribution in [3.8, 4) is 5.69 Å². The lowest BCUT2D eigenvalue weighted by Crippen LogP contribution is -2.21. The van der Waals surface area contributed by atoms with Crippen LogP contribution in [0, 0.1) is 5.82 Å². The summed E-state index contributed by atoms with van der Waals surface area (Å²) in [6, 6.07) is 4.95. The Balaban J connectivity index is 2.33. The maximum absolute atomic E-state index is 13.7. The van der Waals surface area contributed by atoms with Gasteiger partial charge in [0.15, 0.2) is 0 Å². The highest BCUT2D eigenvalue weighted by molar-refractivity contribution is 5.93. The van der Waals surface area contributed by atoms with Crippen LogP contribution in [0.5, 0.6) is 0 Å². The standard InChI is InChI=1S/C14H16FN3O/c1-4-10-5-6-12(7-13(10)15)18-9-11(8-16-18)14(19)17(2)3/h5-9H,4H2,1-3H3. The maximum atomic E-state index is 13.7. The van der Waals surface area contributed by atoms with Crippen LogP contribution in [-0.4, -0.2) is 34.7 Å². The van der Waals surface area contributed by atoms with Crippen LogP contribution in [0.25, 0.3) is 5.69 Å². The zero-order chi connectivity index (χ0) is 14.0. The highest BCUT2D eigenvalue weighted by Gasteiger charge is 2.11. The minimum absolute atomic E-state index is 0.128. The molecule has 1 aromatic heterocycles. The molecule has 0 spiro atoms. The van der Waals surface area contributed by atoms with Crippen molar-refractivity contribution < 1.29 is 9.18 Å². The van der Waals surface area contributed by atoms with E-state index in [2.05, 4.69) is 5.10 Å². The SMILES string of the molecule is CCc1ccc(-n2cc(C(=O)N(C)C)cn2)cc1F. The third kappa shape index (κ3) is 2.65. The number of carbonyl (C=O) groups excluding carboxylic acids is 1. The number of hydrogen-bond donors (Lipinski definition) is 0. The van der Waals surface area contributed by atoms with E-state index in [9.17, 15) is 9.18 Å². The van der Waals surface area contributed by atoms with Gasteiger partial charge in [0.05, 0.1) is 17.4 Å². The summed E-state index contributed by atoms with van der Waals surface area (Å²) in [5.41, 5.74) is 1.75. The van der Waals surface area contributed by atoms with E-state index in [1.165, 1.54) is 21.8 Å². The van der Waals surface area contributed by atoms with Crippen LogP contribution in [0.3, 0.4) is 0 Å². The van der Waals surface area contributed by atoms with Crippen LogP contribution >= 0.6 is 0 Å². The van der Waals surface area contributed by atoms with E-state index in [0.717, 1.165) is 0 Å². The molecule has 0 saturated heterocycles. The summed E-state index contributed by atoms with van der Waals surface area (Å²) in [5, 5.41) is 4.09. The van der Waals surface area contributed by atoms with Crippen molar-refractivity contribution in [2.75, 3.05) is 14.1 Å².